The lowest BCUT2D eigenvalue weighted by Gasteiger charge is -2.08. The van der Waals surface area contributed by atoms with Crippen molar-refractivity contribution in [2.75, 3.05) is 0 Å². The van der Waals surface area contributed by atoms with E-state index in [9.17, 15) is 14.4 Å². The number of rotatable bonds is 9. The Morgan fingerprint density at radius 2 is 1.67 bits per heavy atom. The molecule has 24 heavy (non-hydrogen) atoms. The fraction of sp³-hybridized carbons (Fsp3) is 0.647. The maximum absolute atomic E-state index is 12.5. The SMILES string of the molecule is CC(=O)CCCCCCCCn1c(=O)c2c(ncn2C)n(C)c1=O. The molecule has 0 aliphatic heterocycles. The molecule has 0 bridgehead atoms. The molecule has 2 heterocycles. The molecule has 7 nitrogen and oxygen atoms in total. The summed E-state index contributed by atoms with van der Waals surface area (Å²) in [5.74, 6) is 0.246. The van der Waals surface area contributed by atoms with Crippen LogP contribution in [0, 0.1) is 0 Å². The molecular weight excluding hydrogens is 308 g/mol. The zero-order valence-corrected chi connectivity index (χ0v) is 14.7. The zero-order chi connectivity index (χ0) is 17.7. The molecule has 0 saturated heterocycles. The standard InChI is InChI=1S/C17H26N4O3/c1-13(22)10-8-6-4-5-7-9-11-21-16(23)14-15(18-12-19(14)2)20(3)17(21)24/h12H,4-11H2,1-3H3. The first-order valence-electron chi connectivity index (χ1n) is 8.53. The summed E-state index contributed by atoms with van der Waals surface area (Å²) in [6, 6.07) is 0. The lowest BCUT2D eigenvalue weighted by molar-refractivity contribution is -0.117. The monoisotopic (exact) mass is 334 g/mol. The molecule has 0 fully saturated rings. The van der Waals surface area contributed by atoms with E-state index in [1.165, 1.54) is 9.13 Å². The van der Waals surface area contributed by atoms with E-state index in [-0.39, 0.29) is 17.0 Å². The molecule has 132 valence electrons. The van der Waals surface area contributed by atoms with Gasteiger partial charge in [-0.2, -0.15) is 0 Å². The summed E-state index contributed by atoms with van der Waals surface area (Å²) >= 11 is 0. The number of hydrogen-bond donors (Lipinski definition) is 0. The molecule has 0 aliphatic rings. The Morgan fingerprint density at radius 1 is 1.04 bits per heavy atom. The zero-order valence-electron chi connectivity index (χ0n) is 14.7. The van der Waals surface area contributed by atoms with Gasteiger partial charge in [0.05, 0.1) is 6.33 Å². The summed E-state index contributed by atoms with van der Waals surface area (Å²) in [5, 5.41) is 0. The maximum Gasteiger partial charge on any atom is 0.332 e. The molecule has 0 amide bonds. The molecule has 0 spiro atoms. The van der Waals surface area contributed by atoms with Crippen molar-refractivity contribution in [3.8, 4) is 0 Å². The third-order valence-corrected chi connectivity index (χ3v) is 4.36. The van der Waals surface area contributed by atoms with Crippen LogP contribution in [-0.2, 0) is 25.4 Å². The largest absolute Gasteiger partial charge is 0.332 e. The number of ketones is 1. The van der Waals surface area contributed by atoms with Crippen LogP contribution >= 0.6 is 0 Å². The lowest BCUT2D eigenvalue weighted by atomic mass is 10.1. The Kier molecular flexibility index (Phi) is 6.11. The van der Waals surface area contributed by atoms with Gasteiger partial charge in [0, 0.05) is 27.1 Å². The van der Waals surface area contributed by atoms with Gasteiger partial charge in [-0.15, -0.1) is 0 Å². The molecule has 0 saturated carbocycles. The molecule has 2 rings (SSSR count). The molecular formula is C17H26N4O3. The number of unbranched alkanes of at least 4 members (excludes halogenated alkanes) is 5. The minimum absolute atomic E-state index is 0.246. The molecule has 0 N–H and O–H groups in total. The first-order valence-corrected chi connectivity index (χ1v) is 8.53. The predicted molar refractivity (Wildman–Crippen MR) is 93.2 cm³/mol. The minimum Gasteiger partial charge on any atom is -0.328 e. The number of Topliss-reactive ketones (excluding diaryl/α,β-unsaturated/α-hetero) is 1. The van der Waals surface area contributed by atoms with Crippen LogP contribution in [0.4, 0.5) is 0 Å². The van der Waals surface area contributed by atoms with Gasteiger partial charge in [-0.3, -0.25) is 13.9 Å². The first-order chi connectivity index (χ1) is 11.4. The number of imidazole rings is 1. The van der Waals surface area contributed by atoms with E-state index < -0.39 is 0 Å². The number of aryl methyl sites for hydroxylation is 2. The van der Waals surface area contributed by atoms with Crippen LogP contribution < -0.4 is 11.2 Å². The molecule has 0 unspecified atom stereocenters. The second kappa shape index (κ2) is 8.08. The van der Waals surface area contributed by atoms with Crippen LogP contribution in [0.1, 0.15) is 51.9 Å². The van der Waals surface area contributed by atoms with E-state index in [0.717, 1.165) is 38.5 Å². The third kappa shape index (κ3) is 4.01. The minimum atomic E-state index is -0.312. The van der Waals surface area contributed by atoms with E-state index >= 15 is 0 Å². The first kappa shape index (κ1) is 18.2. The highest BCUT2D eigenvalue weighted by molar-refractivity contribution is 5.75. The molecule has 2 aromatic rings. The number of carbonyl (C=O) groups excluding carboxylic acids is 1. The van der Waals surface area contributed by atoms with Crippen LogP contribution in [0.5, 0.6) is 0 Å². The van der Waals surface area contributed by atoms with Crippen molar-refractivity contribution in [2.24, 2.45) is 14.1 Å². The molecule has 2 aromatic heterocycles. The Labute approximate surface area is 140 Å². The smallest absolute Gasteiger partial charge is 0.328 e. The van der Waals surface area contributed by atoms with E-state index in [1.54, 1.807) is 31.9 Å². The summed E-state index contributed by atoms with van der Waals surface area (Å²) < 4.78 is 4.39. The number of nitrogens with zero attached hydrogens (tertiary/aromatic N) is 4. The summed E-state index contributed by atoms with van der Waals surface area (Å²) in [6.07, 6.45) is 8.13. The van der Waals surface area contributed by atoms with Crippen molar-refractivity contribution in [2.45, 2.75) is 58.4 Å². The van der Waals surface area contributed by atoms with Crippen molar-refractivity contribution in [3.63, 3.8) is 0 Å². The molecule has 0 atom stereocenters. The number of hydrogen-bond acceptors (Lipinski definition) is 4. The second-order valence-corrected chi connectivity index (χ2v) is 6.40. The third-order valence-electron chi connectivity index (χ3n) is 4.36. The van der Waals surface area contributed by atoms with Gasteiger partial charge in [0.15, 0.2) is 11.2 Å². The van der Waals surface area contributed by atoms with Crippen molar-refractivity contribution in [3.05, 3.63) is 27.2 Å². The van der Waals surface area contributed by atoms with Crippen LogP contribution in [0.2, 0.25) is 0 Å². The number of aromatic nitrogens is 4. The lowest BCUT2D eigenvalue weighted by Crippen LogP contribution is -2.39. The highest BCUT2D eigenvalue weighted by Gasteiger charge is 2.14. The Balaban J connectivity index is 1.92. The van der Waals surface area contributed by atoms with Gasteiger partial charge in [-0.05, 0) is 19.8 Å². The quantitative estimate of drug-likeness (QED) is 0.655. The van der Waals surface area contributed by atoms with Gasteiger partial charge in [-0.1, -0.05) is 25.7 Å². The van der Waals surface area contributed by atoms with E-state index in [0.29, 0.717) is 24.1 Å². The van der Waals surface area contributed by atoms with Crippen molar-refractivity contribution < 1.29 is 4.79 Å². The van der Waals surface area contributed by atoms with E-state index in [4.69, 9.17) is 0 Å². The van der Waals surface area contributed by atoms with Crippen LogP contribution in [0.15, 0.2) is 15.9 Å². The van der Waals surface area contributed by atoms with E-state index in [2.05, 4.69) is 4.98 Å². The maximum atomic E-state index is 12.5. The Morgan fingerprint density at radius 3 is 2.33 bits per heavy atom. The molecule has 0 aliphatic carbocycles. The fourth-order valence-corrected chi connectivity index (χ4v) is 2.94. The second-order valence-electron chi connectivity index (χ2n) is 6.40. The normalized spacial score (nSPS) is 11.3. The van der Waals surface area contributed by atoms with Gasteiger partial charge in [0.2, 0.25) is 0 Å². The van der Waals surface area contributed by atoms with Gasteiger partial charge >= 0.3 is 5.69 Å². The summed E-state index contributed by atoms with van der Waals surface area (Å²) in [7, 11) is 3.40. The number of fused-ring (bicyclic) bond motifs is 1. The highest BCUT2D eigenvalue weighted by atomic mass is 16.2. The van der Waals surface area contributed by atoms with Gasteiger partial charge in [0.25, 0.3) is 5.56 Å². The van der Waals surface area contributed by atoms with Crippen LogP contribution in [0.25, 0.3) is 11.2 Å². The van der Waals surface area contributed by atoms with Gasteiger partial charge in [0.1, 0.15) is 5.78 Å². The van der Waals surface area contributed by atoms with Crippen LogP contribution in [0.3, 0.4) is 0 Å². The van der Waals surface area contributed by atoms with Crippen molar-refractivity contribution >= 4 is 16.9 Å². The van der Waals surface area contributed by atoms with Gasteiger partial charge < -0.3 is 9.36 Å². The predicted octanol–water partition coefficient (Wildman–Crippen LogP) is 1.75. The molecule has 0 aromatic carbocycles. The van der Waals surface area contributed by atoms with Crippen LogP contribution in [-0.4, -0.2) is 24.5 Å². The molecule has 7 heteroatoms. The fourth-order valence-electron chi connectivity index (χ4n) is 2.94. The summed E-state index contributed by atoms with van der Waals surface area (Å²) in [4.78, 5) is 39.8. The van der Waals surface area contributed by atoms with Crippen molar-refractivity contribution in [1.82, 2.24) is 18.7 Å². The molecule has 0 radical (unpaired) electrons. The van der Waals surface area contributed by atoms with Crippen molar-refractivity contribution in [1.29, 1.82) is 0 Å². The number of carbonyl (C=O) groups is 1. The van der Waals surface area contributed by atoms with Gasteiger partial charge in [-0.25, -0.2) is 9.78 Å². The Hall–Kier alpha value is -2.18. The Bertz CT molecular complexity index is 829. The topological polar surface area (TPSA) is 78.9 Å². The average Bonchev–Trinajstić information content (AvgIpc) is 2.92. The summed E-state index contributed by atoms with van der Waals surface area (Å²) in [5.41, 5.74) is 0.303. The summed E-state index contributed by atoms with van der Waals surface area (Å²) in [6.45, 7) is 2.05. The van der Waals surface area contributed by atoms with E-state index in [1.807, 2.05) is 0 Å². The average molecular weight is 334 g/mol. The highest BCUT2D eigenvalue weighted by Crippen LogP contribution is 2.08.